The van der Waals surface area contributed by atoms with Crippen molar-refractivity contribution in [1.82, 2.24) is 0 Å². The molecule has 3 nitrogen and oxygen atoms in total. The minimum absolute atomic E-state index is 0.348. The summed E-state index contributed by atoms with van der Waals surface area (Å²) in [7, 11) is 1.67. The van der Waals surface area contributed by atoms with E-state index >= 15 is 0 Å². The Hall–Kier alpha value is -1.22. The lowest BCUT2D eigenvalue weighted by molar-refractivity contribution is 0.153. The smallest absolute Gasteiger partial charge is 0.127 e. The maximum absolute atomic E-state index is 6.06. The zero-order chi connectivity index (χ0) is 12.1. The molecule has 1 fully saturated rings. The molecule has 0 bridgehead atoms. The highest BCUT2D eigenvalue weighted by molar-refractivity contribution is 5.40. The molecule has 0 aliphatic heterocycles. The minimum atomic E-state index is 0.348. The van der Waals surface area contributed by atoms with E-state index in [2.05, 4.69) is 0 Å². The van der Waals surface area contributed by atoms with Gasteiger partial charge in [0, 0.05) is 18.2 Å². The molecule has 1 aliphatic carbocycles. The molecule has 0 radical (unpaired) electrons. The van der Waals surface area contributed by atoms with Gasteiger partial charge in [-0.05, 0) is 31.7 Å². The topological polar surface area (TPSA) is 44.5 Å². The summed E-state index contributed by atoms with van der Waals surface area (Å²) in [4.78, 5) is 0. The highest BCUT2D eigenvalue weighted by atomic mass is 16.5. The molecule has 1 aromatic carbocycles. The van der Waals surface area contributed by atoms with Crippen molar-refractivity contribution in [2.24, 2.45) is 5.73 Å². The molecule has 0 unspecified atom stereocenters. The Labute approximate surface area is 103 Å². The van der Waals surface area contributed by atoms with E-state index < -0.39 is 0 Å². The van der Waals surface area contributed by atoms with E-state index in [1.165, 1.54) is 19.3 Å². The lowest BCUT2D eigenvalue weighted by Crippen LogP contribution is -2.20. The first-order chi connectivity index (χ1) is 8.33. The van der Waals surface area contributed by atoms with Gasteiger partial charge >= 0.3 is 0 Å². The molecule has 0 amide bonds. The average molecular weight is 235 g/mol. The molecule has 1 aromatic rings. The van der Waals surface area contributed by atoms with Crippen LogP contribution in [0.1, 0.15) is 37.7 Å². The Kier molecular flexibility index (Phi) is 4.26. The van der Waals surface area contributed by atoms with Crippen LogP contribution < -0.4 is 15.2 Å². The van der Waals surface area contributed by atoms with E-state index in [-0.39, 0.29) is 0 Å². The fourth-order valence-electron chi connectivity index (χ4n) is 2.30. The Bertz CT molecular complexity index is 359. The summed E-state index contributed by atoms with van der Waals surface area (Å²) in [6, 6.07) is 5.85. The van der Waals surface area contributed by atoms with Gasteiger partial charge in [-0.25, -0.2) is 0 Å². The Morgan fingerprint density at radius 2 is 2.00 bits per heavy atom. The summed E-state index contributed by atoms with van der Waals surface area (Å²) in [5, 5.41) is 0. The van der Waals surface area contributed by atoms with Crippen molar-refractivity contribution in [1.29, 1.82) is 0 Å². The van der Waals surface area contributed by atoms with E-state index in [1.807, 2.05) is 18.2 Å². The summed E-state index contributed by atoms with van der Waals surface area (Å²) < 4.78 is 11.3. The van der Waals surface area contributed by atoms with E-state index in [0.717, 1.165) is 29.9 Å². The molecule has 2 rings (SSSR count). The van der Waals surface area contributed by atoms with Crippen molar-refractivity contribution < 1.29 is 9.47 Å². The third-order valence-electron chi connectivity index (χ3n) is 3.34. The fourth-order valence-corrected chi connectivity index (χ4v) is 2.30. The molecular formula is C14H21NO2. The molecule has 0 spiro atoms. The van der Waals surface area contributed by atoms with Gasteiger partial charge in [-0.2, -0.15) is 0 Å². The van der Waals surface area contributed by atoms with E-state index in [1.54, 1.807) is 7.11 Å². The lowest BCUT2D eigenvalue weighted by Gasteiger charge is -2.24. The van der Waals surface area contributed by atoms with Gasteiger partial charge in [-0.3, -0.25) is 0 Å². The molecule has 17 heavy (non-hydrogen) atoms. The second-order valence-electron chi connectivity index (χ2n) is 4.56. The number of hydrogen-bond donors (Lipinski definition) is 1. The van der Waals surface area contributed by atoms with Gasteiger partial charge in [-0.15, -0.1) is 0 Å². The Morgan fingerprint density at radius 1 is 1.24 bits per heavy atom. The number of rotatable bonds is 4. The van der Waals surface area contributed by atoms with Crippen LogP contribution in [0.2, 0.25) is 0 Å². The van der Waals surface area contributed by atoms with Gasteiger partial charge in [0.1, 0.15) is 11.5 Å². The van der Waals surface area contributed by atoms with Crippen LogP contribution >= 0.6 is 0 Å². The van der Waals surface area contributed by atoms with E-state index in [0.29, 0.717) is 12.6 Å². The monoisotopic (exact) mass is 235 g/mol. The van der Waals surface area contributed by atoms with Crippen LogP contribution in [0.4, 0.5) is 0 Å². The largest absolute Gasteiger partial charge is 0.497 e. The third-order valence-corrected chi connectivity index (χ3v) is 3.34. The fraction of sp³-hybridized carbons (Fsp3) is 0.571. The first-order valence-corrected chi connectivity index (χ1v) is 6.37. The zero-order valence-corrected chi connectivity index (χ0v) is 10.4. The third kappa shape index (κ3) is 3.13. The number of ether oxygens (including phenoxy) is 2. The predicted octanol–water partition coefficient (Wildman–Crippen LogP) is 2.87. The molecular weight excluding hydrogens is 214 g/mol. The second kappa shape index (κ2) is 5.92. The predicted molar refractivity (Wildman–Crippen MR) is 68.4 cm³/mol. The maximum atomic E-state index is 6.06. The summed E-state index contributed by atoms with van der Waals surface area (Å²) in [6.45, 7) is 0.506. The maximum Gasteiger partial charge on any atom is 0.127 e. The molecule has 3 heteroatoms. The molecule has 0 aromatic heterocycles. The van der Waals surface area contributed by atoms with Crippen molar-refractivity contribution in [3.05, 3.63) is 23.8 Å². The highest BCUT2D eigenvalue weighted by Gasteiger charge is 2.16. The SMILES string of the molecule is COc1ccc(CN)c(OC2CCCCC2)c1. The normalized spacial score (nSPS) is 16.8. The first-order valence-electron chi connectivity index (χ1n) is 6.37. The zero-order valence-electron chi connectivity index (χ0n) is 10.4. The molecule has 1 saturated carbocycles. The number of hydrogen-bond acceptors (Lipinski definition) is 3. The van der Waals surface area contributed by atoms with Crippen LogP contribution in [0.5, 0.6) is 11.5 Å². The van der Waals surface area contributed by atoms with Gasteiger partial charge in [0.25, 0.3) is 0 Å². The minimum Gasteiger partial charge on any atom is -0.497 e. The molecule has 94 valence electrons. The number of benzene rings is 1. The highest BCUT2D eigenvalue weighted by Crippen LogP contribution is 2.29. The van der Waals surface area contributed by atoms with Crippen LogP contribution in [0.3, 0.4) is 0 Å². The van der Waals surface area contributed by atoms with Gasteiger partial charge in [0.05, 0.1) is 13.2 Å². The quantitative estimate of drug-likeness (QED) is 0.872. The molecule has 0 saturated heterocycles. The summed E-state index contributed by atoms with van der Waals surface area (Å²) >= 11 is 0. The van der Waals surface area contributed by atoms with E-state index in [4.69, 9.17) is 15.2 Å². The molecule has 1 aliphatic rings. The van der Waals surface area contributed by atoms with Crippen molar-refractivity contribution in [2.75, 3.05) is 7.11 Å². The van der Waals surface area contributed by atoms with Crippen LogP contribution in [-0.4, -0.2) is 13.2 Å². The average Bonchev–Trinajstić information content (AvgIpc) is 2.40. The van der Waals surface area contributed by atoms with Crippen molar-refractivity contribution in [3.63, 3.8) is 0 Å². The van der Waals surface area contributed by atoms with Crippen molar-refractivity contribution in [2.45, 2.75) is 44.8 Å². The molecule has 0 atom stereocenters. The summed E-state index contributed by atoms with van der Waals surface area (Å²) in [5.41, 5.74) is 6.78. The van der Waals surface area contributed by atoms with Crippen LogP contribution in [0.25, 0.3) is 0 Å². The van der Waals surface area contributed by atoms with Gasteiger partial charge in [-0.1, -0.05) is 12.5 Å². The molecule has 2 N–H and O–H groups in total. The molecule has 0 heterocycles. The van der Waals surface area contributed by atoms with Gasteiger partial charge in [0.15, 0.2) is 0 Å². The van der Waals surface area contributed by atoms with Crippen molar-refractivity contribution >= 4 is 0 Å². The summed E-state index contributed by atoms with van der Waals surface area (Å²) in [6.07, 6.45) is 6.53. The second-order valence-corrected chi connectivity index (χ2v) is 4.56. The first kappa shape index (κ1) is 12.2. The van der Waals surface area contributed by atoms with Gasteiger partial charge < -0.3 is 15.2 Å². The van der Waals surface area contributed by atoms with Crippen LogP contribution in [-0.2, 0) is 6.54 Å². The number of nitrogens with two attached hydrogens (primary N) is 1. The van der Waals surface area contributed by atoms with Crippen molar-refractivity contribution in [3.8, 4) is 11.5 Å². The van der Waals surface area contributed by atoms with Gasteiger partial charge in [0.2, 0.25) is 0 Å². The van der Waals surface area contributed by atoms with Crippen LogP contribution in [0.15, 0.2) is 18.2 Å². The van der Waals surface area contributed by atoms with Crippen LogP contribution in [0, 0.1) is 0 Å². The van der Waals surface area contributed by atoms with E-state index in [9.17, 15) is 0 Å². The Morgan fingerprint density at radius 3 is 2.65 bits per heavy atom. The number of methoxy groups -OCH3 is 1. The summed E-state index contributed by atoms with van der Waals surface area (Å²) in [5.74, 6) is 1.71. The standard InChI is InChI=1S/C14H21NO2/c1-16-13-8-7-11(10-15)14(9-13)17-12-5-3-2-4-6-12/h7-9,12H,2-6,10,15H2,1H3. The lowest BCUT2D eigenvalue weighted by atomic mass is 9.97. The Balaban J connectivity index is 2.11.